The van der Waals surface area contributed by atoms with Crippen LogP contribution in [0.1, 0.15) is 48.1 Å². The van der Waals surface area contributed by atoms with Gasteiger partial charge >= 0.3 is 0 Å². The van der Waals surface area contributed by atoms with Gasteiger partial charge in [-0.1, -0.05) is 6.92 Å². The predicted octanol–water partition coefficient (Wildman–Crippen LogP) is 2.22. The zero-order valence-electron chi connectivity index (χ0n) is 22.7. The van der Waals surface area contributed by atoms with Crippen LogP contribution in [-0.2, 0) is 4.93 Å². The van der Waals surface area contributed by atoms with E-state index in [0.717, 1.165) is 63.5 Å². The summed E-state index contributed by atoms with van der Waals surface area (Å²) in [7, 11) is 0. The molecule has 3 aliphatic heterocycles. The fourth-order valence-corrected chi connectivity index (χ4v) is 6.21. The Hall–Kier alpha value is -3.42. The molecule has 0 radical (unpaired) electrons. The lowest BCUT2D eigenvalue weighted by Crippen LogP contribution is -2.59. The molecule has 12 nitrogen and oxygen atoms in total. The molecule has 3 saturated heterocycles. The first-order valence-corrected chi connectivity index (χ1v) is 14.7. The SMILES string of the molecule is CCC1CN(c2nc(N)c(-c3nnc(C4(O)CS4)o3)nc2C)CCN1C1CCN(C(=O)c2ccc(O)cc2)CC1. The number of nitrogen functional groups attached to an aromatic ring is 1. The maximum Gasteiger partial charge on any atom is 0.270 e. The number of carbonyl (C=O) groups excluding carboxylic acids is 1. The lowest BCUT2D eigenvalue weighted by atomic mass is 9.97. The van der Waals surface area contributed by atoms with Crippen molar-refractivity contribution >= 4 is 29.3 Å². The van der Waals surface area contributed by atoms with Crippen LogP contribution in [0.25, 0.3) is 11.6 Å². The summed E-state index contributed by atoms with van der Waals surface area (Å²) < 4.78 is 5.66. The summed E-state index contributed by atoms with van der Waals surface area (Å²) in [6.45, 7) is 8.05. The molecule has 0 bridgehead atoms. The standard InChI is InChI=1S/C27H34N8O4S/c1-3-18-14-34(23-16(2)29-21(22(28)30-23)24-31-32-26(39-24)27(38)15-40-27)12-13-35(18)19-8-10-33(11-9-19)25(37)17-4-6-20(36)7-5-17/h4-7,18-19,36,38H,3,8-15H2,1-2H3,(H2,28,30). The van der Waals surface area contributed by atoms with E-state index in [2.05, 4.69) is 31.9 Å². The monoisotopic (exact) mass is 566 g/mol. The van der Waals surface area contributed by atoms with E-state index in [1.165, 1.54) is 11.8 Å². The number of benzene rings is 1. The molecule has 13 heteroatoms. The second-order valence-corrected chi connectivity index (χ2v) is 11.9. The van der Waals surface area contributed by atoms with Crippen molar-refractivity contribution in [2.45, 2.75) is 50.1 Å². The molecular formula is C27H34N8O4S. The summed E-state index contributed by atoms with van der Waals surface area (Å²) in [5.74, 6) is 1.99. The van der Waals surface area contributed by atoms with Crippen LogP contribution in [0.3, 0.4) is 0 Å². The average molecular weight is 567 g/mol. The number of amides is 1. The Kier molecular flexibility index (Phi) is 7.05. The van der Waals surface area contributed by atoms with E-state index < -0.39 is 4.93 Å². The van der Waals surface area contributed by atoms with E-state index in [1.54, 1.807) is 24.3 Å². The zero-order valence-corrected chi connectivity index (χ0v) is 23.5. The molecule has 2 unspecified atom stereocenters. The number of nitrogens with zero attached hydrogens (tertiary/aromatic N) is 7. The van der Waals surface area contributed by atoms with Crippen molar-refractivity contribution in [1.29, 1.82) is 0 Å². The number of aliphatic hydroxyl groups is 1. The number of phenols is 1. The smallest absolute Gasteiger partial charge is 0.270 e. The van der Waals surface area contributed by atoms with Gasteiger partial charge in [0.25, 0.3) is 17.7 Å². The maximum absolute atomic E-state index is 12.9. The molecule has 2 atom stereocenters. The van der Waals surface area contributed by atoms with Gasteiger partial charge in [-0.15, -0.1) is 22.0 Å². The average Bonchev–Trinajstić information content (AvgIpc) is 3.52. The molecule has 1 amide bonds. The number of phenolic OH excluding ortho intramolecular Hbond substituents is 1. The summed E-state index contributed by atoms with van der Waals surface area (Å²) in [6, 6.07) is 7.23. The van der Waals surface area contributed by atoms with Gasteiger partial charge in [-0.3, -0.25) is 9.69 Å². The third kappa shape index (κ3) is 5.08. The topological polar surface area (TPSA) is 158 Å². The normalized spacial score (nSPS) is 23.9. The van der Waals surface area contributed by atoms with Crippen molar-refractivity contribution in [3.05, 3.63) is 41.4 Å². The molecule has 3 fully saturated rings. The predicted molar refractivity (Wildman–Crippen MR) is 151 cm³/mol. The van der Waals surface area contributed by atoms with Gasteiger partial charge in [0.05, 0.1) is 5.69 Å². The number of piperazine rings is 1. The van der Waals surface area contributed by atoms with Crippen LogP contribution in [0, 0.1) is 6.92 Å². The highest BCUT2D eigenvalue weighted by atomic mass is 32.2. The summed E-state index contributed by atoms with van der Waals surface area (Å²) in [4.78, 5) is 27.9. The van der Waals surface area contributed by atoms with Crippen LogP contribution in [0.2, 0.25) is 0 Å². The fourth-order valence-electron chi connectivity index (χ4n) is 5.74. The number of aryl methyl sites for hydroxylation is 1. The molecule has 0 spiro atoms. The molecule has 5 heterocycles. The molecule has 2 aromatic heterocycles. The lowest BCUT2D eigenvalue weighted by Gasteiger charge is -2.47. The van der Waals surface area contributed by atoms with E-state index in [4.69, 9.17) is 15.1 Å². The Morgan fingerprint density at radius 3 is 2.55 bits per heavy atom. The maximum atomic E-state index is 12.9. The van der Waals surface area contributed by atoms with Crippen molar-refractivity contribution in [1.82, 2.24) is 30.0 Å². The van der Waals surface area contributed by atoms with E-state index in [-0.39, 0.29) is 29.3 Å². The first kappa shape index (κ1) is 26.8. The van der Waals surface area contributed by atoms with E-state index in [0.29, 0.717) is 29.1 Å². The molecule has 0 aliphatic carbocycles. The third-order valence-electron chi connectivity index (χ3n) is 8.09. The number of hydrogen-bond acceptors (Lipinski definition) is 12. The zero-order chi connectivity index (χ0) is 28.0. The first-order chi connectivity index (χ1) is 19.3. The van der Waals surface area contributed by atoms with Crippen LogP contribution >= 0.6 is 11.8 Å². The first-order valence-electron chi connectivity index (χ1n) is 13.7. The molecule has 4 N–H and O–H groups in total. The van der Waals surface area contributed by atoms with Crippen molar-refractivity contribution in [3.8, 4) is 17.3 Å². The second-order valence-electron chi connectivity index (χ2n) is 10.7. The highest BCUT2D eigenvalue weighted by molar-refractivity contribution is 8.07. The van der Waals surface area contributed by atoms with E-state index in [1.807, 2.05) is 11.8 Å². The van der Waals surface area contributed by atoms with Gasteiger partial charge < -0.3 is 30.2 Å². The minimum Gasteiger partial charge on any atom is -0.508 e. The molecule has 40 heavy (non-hydrogen) atoms. The molecule has 212 valence electrons. The van der Waals surface area contributed by atoms with Gasteiger partial charge in [-0.25, -0.2) is 9.97 Å². The van der Waals surface area contributed by atoms with Crippen LogP contribution in [0.4, 0.5) is 11.6 Å². The van der Waals surface area contributed by atoms with Gasteiger partial charge in [-0.2, -0.15) is 0 Å². The number of aromatic nitrogens is 4. The molecule has 1 aromatic carbocycles. The number of carbonyl (C=O) groups is 1. The minimum atomic E-state index is -1.10. The summed E-state index contributed by atoms with van der Waals surface area (Å²) in [5, 5.41) is 27.7. The van der Waals surface area contributed by atoms with Crippen LogP contribution < -0.4 is 10.6 Å². The number of rotatable bonds is 6. The van der Waals surface area contributed by atoms with Gasteiger partial charge in [0.1, 0.15) is 5.75 Å². The molecular weight excluding hydrogens is 532 g/mol. The van der Waals surface area contributed by atoms with Crippen LogP contribution in [0.5, 0.6) is 5.75 Å². The fraction of sp³-hybridized carbons (Fsp3) is 0.519. The second kappa shape index (κ2) is 10.5. The number of likely N-dealkylation sites (tertiary alicyclic amines) is 1. The lowest BCUT2D eigenvalue weighted by molar-refractivity contribution is 0.0490. The van der Waals surface area contributed by atoms with Gasteiger partial charge in [0, 0.05) is 56.1 Å². The number of thioether (sulfide) groups is 1. The highest BCUT2D eigenvalue weighted by Gasteiger charge is 2.49. The molecule has 3 aromatic rings. The molecule has 6 rings (SSSR count). The van der Waals surface area contributed by atoms with Crippen molar-refractivity contribution in [3.63, 3.8) is 0 Å². The number of nitrogens with two attached hydrogens (primary N) is 1. The Morgan fingerprint density at radius 1 is 1.15 bits per heavy atom. The van der Waals surface area contributed by atoms with E-state index in [9.17, 15) is 15.0 Å². The number of anilines is 2. The van der Waals surface area contributed by atoms with Crippen molar-refractivity contribution in [2.24, 2.45) is 0 Å². The Balaban J connectivity index is 1.10. The summed E-state index contributed by atoms with van der Waals surface area (Å²) in [5.41, 5.74) is 7.98. The largest absolute Gasteiger partial charge is 0.508 e. The Bertz CT molecular complexity index is 1390. The van der Waals surface area contributed by atoms with Crippen molar-refractivity contribution in [2.75, 3.05) is 49.1 Å². The minimum absolute atomic E-state index is 0.0180. The van der Waals surface area contributed by atoms with Gasteiger partial charge in [0.2, 0.25) is 0 Å². The number of aromatic hydroxyl groups is 1. The summed E-state index contributed by atoms with van der Waals surface area (Å²) >= 11 is 1.33. The van der Waals surface area contributed by atoms with Crippen LogP contribution in [0.15, 0.2) is 28.7 Å². The number of hydrogen-bond donors (Lipinski definition) is 3. The van der Waals surface area contributed by atoms with Gasteiger partial charge in [-0.05, 0) is 50.5 Å². The number of piperidine rings is 1. The summed E-state index contributed by atoms with van der Waals surface area (Å²) in [6.07, 6.45) is 2.86. The van der Waals surface area contributed by atoms with E-state index >= 15 is 0 Å². The molecule has 3 aliphatic rings. The third-order valence-corrected chi connectivity index (χ3v) is 9.10. The van der Waals surface area contributed by atoms with Gasteiger partial charge in [0.15, 0.2) is 22.3 Å². The van der Waals surface area contributed by atoms with Crippen LogP contribution in [-0.4, -0.2) is 96.6 Å². The quantitative estimate of drug-likeness (QED) is 0.374. The Morgan fingerprint density at radius 2 is 1.88 bits per heavy atom. The highest BCUT2D eigenvalue weighted by Crippen LogP contribution is 2.50. The molecule has 0 saturated carbocycles. The van der Waals surface area contributed by atoms with Crippen molar-refractivity contribution < 1.29 is 19.4 Å². The Labute approximate surface area is 236 Å².